The van der Waals surface area contributed by atoms with Crippen LogP contribution in [0.5, 0.6) is 5.75 Å². The van der Waals surface area contributed by atoms with Gasteiger partial charge >= 0.3 is 0 Å². The van der Waals surface area contributed by atoms with Gasteiger partial charge in [-0.25, -0.2) is 0 Å². The van der Waals surface area contributed by atoms with Crippen molar-refractivity contribution < 1.29 is 10.1 Å². The Morgan fingerprint density at radius 2 is 1.79 bits per heavy atom. The third kappa shape index (κ3) is 3.98. The van der Waals surface area contributed by atoms with Gasteiger partial charge in [-0.05, 0) is 25.1 Å². The molecule has 2 nitrogen and oxygen atoms in total. The molecule has 0 aliphatic rings. The van der Waals surface area contributed by atoms with Crippen LogP contribution in [0.4, 0.5) is 0 Å². The Labute approximate surface area is 119 Å². The van der Waals surface area contributed by atoms with Gasteiger partial charge in [0.15, 0.2) is 0 Å². The van der Waals surface area contributed by atoms with Crippen LogP contribution in [-0.4, -0.2) is 7.11 Å². The topological polar surface area (TPSA) is 25.8 Å². The molecule has 0 saturated carbocycles. The van der Waals surface area contributed by atoms with Crippen molar-refractivity contribution in [2.45, 2.75) is 20.0 Å². The maximum Gasteiger partial charge on any atom is 0.127 e. The molecule has 0 aromatic heterocycles. The fourth-order valence-electron chi connectivity index (χ4n) is 2.03. The molecule has 0 aliphatic heterocycles. The smallest absolute Gasteiger partial charge is 0.127 e. The van der Waals surface area contributed by atoms with E-state index in [1.54, 1.807) is 7.11 Å². The molecule has 2 rings (SSSR count). The molecule has 0 atom stereocenters. The molecule has 0 radical (unpaired) electrons. The molecule has 2 N–H and O–H groups in total. The van der Waals surface area contributed by atoms with Gasteiger partial charge in [0.1, 0.15) is 18.8 Å². The Hall–Kier alpha value is -1.51. The molecular weight excluding hydrogens is 258 g/mol. The standard InChI is InChI=1S/C16H18ClNO/c1-12-3-5-13(6-4-12)10-18-11-14-9-15(17)7-8-16(14)19-2/h3-9,18H,10-11H2,1-2H3/p+1. The molecule has 0 spiro atoms. The average molecular weight is 277 g/mol. The minimum Gasteiger partial charge on any atom is -0.496 e. The molecule has 2 aromatic rings. The van der Waals surface area contributed by atoms with Crippen molar-refractivity contribution in [2.24, 2.45) is 0 Å². The lowest BCUT2D eigenvalue weighted by atomic mass is 10.1. The second-order valence-electron chi connectivity index (χ2n) is 4.64. The fourth-order valence-corrected chi connectivity index (χ4v) is 2.22. The number of hydrogen-bond donors (Lipinski definition) is 1. The van der Waals surface area contributed by atoms with Crippen molar-refractivity contribution in [2.75, 3.05) is 7.11 Å². The largest absolute Gasteiger partial charge is 0.496 e. The molecule has 100 valence electrons. The number of rotatable bonds is 5. The number of halogens is 1. The first-order chi connectivity index (χ1) is 9.19. The molecule has 0 amide bonds. The predicted molar refractivity (Wildman–Crippen MR) is 78.5 cm³/mol. The van der Waals surface area contributed by atoms with Gasteiger partial charge in [0.2, 0.25) is 0 Å². The van der Waals surface area contributed by atoms with Crippen molar-refractivity contribution in [3.05, 3.63) is 64.2 Å². The van der Waals surface area contributed by atoms with Crippen molar-refractivity contribution in [1.29, 1.82) is 0 Å². The van der Waals surface area contributed by atoms with E-state index in [1.807, 2.05) is 18.2 Å². The van der Waals surface area contributed by atoms with Crippen LogP contribution in [0.2, 0.25) is 5.02 Å². The van der Waals surface area contributed by atoms with Crippen LogP contribution in [0.25, 0.3) is 0 Å². The Kier molecular flexibility index (Phi) is 4.83. The Morgan fingerprint density at radius 3 is 2.47 bits per heavy atom. The maximum absolute atomic E-state index is 6.02. The second-order valence-corrected chi connectivity index (χ2v) is 5.08. The molecule has 0 unspecified atom stereocenters. The average Bonchev–Trinajstić information content (AvgIpc) is 2.41. The molecule has 0 aliphatic carbocycles. The summed E-state index contributed by atoms with van der Waals surface area (Å²) in [5.74, 6) is 0.893. The van der Waals surface area contributed by atoms with Crippen LogP contribution in [0.1, 0.15) is 16.7 Å². The summed E-state index contributed by atoms with van der Waals surface area (Å²) in [5.41, 5.74) is 3.74. The van der Waals surface area contributed by atoms with Crippen molar-refractivity contribution >= 4 is 11.6 Å². The van der Waals surface area contributed by atoms with E-state index in [4.69, 9.17) is 16.3 Å². The van der Waals surface area contributed by atoms with E-state index in [0.717, 1.165) is 29.4 Å². The first-order valence-corrected chi connectivity index (χ1v) is 6.76. The van der Waals surface area contributed by atoms with E-state index in [9.17, 15) is 0 Å². The van der Waals surface area contributed by atoms with Gasteiger partial charge in [0, 0.05) is 16.1 Å². The summed E-state index contributed by atoms with van der Waals surface area (Å²) in [6, 6.07) is 14.3. The highest BCUT2D eigenvalue weighted by molar-refractivity contribution is 6.30. The third-order valence-corrected chi connectivity index (χ3v) is 3.34. The number of ether oxygens (including phenoxy) is 1. The molecule has 0 fully saturated rings. The number of benzene rings is 2. The SMILES string of the molecule is COc1ccc(Cl)cc1C[NH2+]Cc1ccc(C)cc1. The van der Waals surface area contributed by atoms with Gasteiger partial charge in [-0.15, -0.1) is 0 Å². The van der Waals surface area contributed by atoms with Gasteiger partial charge in [-0.2, -0.15) is 0 Å². The summed E-state index contributed by atoms with van der Waals surface area (Å²) in [6.07, 6.45) is 0. The monoisotopic (exact) mass is 276 g/mol. The first kappa shape index (κ1) is 13.9. The van der Waals surface area contributed by atoms with Crippen LogP contribution in [0, 0.1) is 6.92 Å². The zero-order chi connectivity index (χ0) is 13.7. The summed E-state index contributed by atoms with van der Waals surface area (Å²) < 4.78 is 5.34. The maximum atomic E-state index is 6.02. The molecule has 19 heavy (non-hydrogen) atoms. The Bertz CT molecular complexity index is 537. The van der Waals surface area contributed by atoms with E-state index in [0.29, 0.717) is 0 Å². The lowest BCUT2D eigenvalue weighted by Crippen LogP contribution is -2.80. The van der Waals surface area contributed by atoms with Crippen LogP contribution in [0.15, 0.2) is 42.5 Å². The lowest BCUT2D eigenvalue weighted by Gasteiger charge is -2.08. The summed E-state index contributed by atoms with van der Waals surface area (Å²) in [7, 11) is 1.69. The Morgan fingerprint density at radius 1 is 1.05 bits per heavy atom. The van der Waals surface area contributed by atoms with E-state index in [1.165, 1.54) is 11.1 Å². The molecule has 2 aromatic carbocycles. The third-order valence-electron chi connectivity index (χ3n) is 3.11. The van der Waals surface area contributed by atoms with E-state index < -0.39 is 0 Å². The predicted octanol–water partition coefficient (Wildman–Crippen LogP) is 2.92. The number of aryl methyl sites for hydroxylation is 1. The van der Waals surface area contributed by atoms with Gasteiger partial charge in [0.25, 0.3) is 0 Å². The van der Waals surface area contributed by atoms with Crippen LogP contribution < -0.4 is 10.1 Å². The van der Waals surface area contributed by atoms with Gasteiger partial charge in [0.05, 0.1) is 7.11 Å². The number of hydrogen-bond acceptors (Lipinski definition) is 1. The van der Waals surface area contributed by atoms with E-state index in [-0.39, 0.29) is 0 Å². The molecule has 0 bridgehead atoms. The highest BCUT2D eigenvalue weighted by atomic mass is 35.5. The zero-order valence-electron chi connectivity index (χ0n) is 11.3. The molecular formula is C16H19ClNO+. The van der Waals surface area contributed by atoms with Gasteiger partial charge in [-0.3, -0.25) is 0 Å². The summed E-state index contributed by atoms with van der Waals surface area (Å²) >= 11 is 6.02. The van der Waals surface area contributed by atoms with Gasteiger partial charge in [-0.1, -0.05) is 41.4 Å². The fraction of sp³-hybridized carbons (Fsp3) is 0.250. The quantitative estimate of drug-likeness (QED) is 0.893. The number of methoxy groups -OCH3 is 1. The van der Waals surface area contributed by atoms with E-state index in [2.05, 4.69) is 36.5 Å². The number of nitrogens with two attached hydrogens (primary N) is 1. The molecule has 0 heterocycles. The van der Waals surface area contributed by atoms with Crippen LogP contribution >= 0.6 is 11.6 Å². The van der Waals surface area contributed by atoms with Crippen molar-refractivity contribution in [1.82, 2.24) is 0 Å². The van der Waals surface area contributed by atoms with Crippen molar-refractivity contribution in [3.8, 4) is 5.75 Å². The summed E-state index contributed by atoms with van der Waals surface area (Å²) in [6.45, 7) is 3.91. The highest BCUT2D eigenvalue weighted by Gasteiger charge is 2.05. The van der Waals surface area contributed by atoms with Crippen LogP contribution in [0.3, 0.4) is 0 Å². The van der Waals surface area contributed by atoms with Crippen molar-refractivity contribution in [3.63, 3.8) is 0 Å². The zero-order valence-corrected chi connectivity index (χ0v) is 12.1. The van der Waals surface area contributed by atoms with Gasteiger partial charge < -0.3 is 10.1 Å². The highest BCUT2D eigenvalue weighted by Crippen LogP contribution is 2.21. The number of quaternary nitrogens is 1. The van der Waals surface area contributed by atoms with E-state index >= 15 is 0 Å². The summed E-state index contributed by atoms with van der Waals surface area (Å²) in [5, 5.41) is 3.00. The Balaban J connectivity index is 1.95. The second kappa shape index (κ2) is 6.60. The normalized spacial score (nSPS) is 10.5. The van der Waals surface area contributed by atoms with Crippen LogP contribution in [-0.2, 0) is 13.1 Å². The summed E-state index contributed by atoms with van der Waals surface area (Å²) in [4.78, 5) is 0. The molecule has 0 saturated heterocycles. The first-order valence-electron chi connectivity index (χ1n) is 6.38. The minimum atomic E-state index is 0.750. The minimum absolute atomic E-state index is 0.750. The molecule has 3 heteroatoms. The lowest BCUT2D eigenvalue weighted by molar-refractivity contribution is -0.686.